The number of nitrogens with one attached hydrogen (secondary N) is 4. The zero-order valence-electron chi connectivity index (χ0n) is 36.6. The largest absolute Gasteiger partial charge is 0.544 e. The molecular formula is C46H62N4O8Si2. The predicted molar refractivity (Wildman–Crippen MR) is 239 cm³/mol. The van der Waals surface area contributed by atoms with Crippen LogP contribution >= 0.6 is 0 Å². The van der Waals surface area contributed by atoms with Gasteiger partial charge in [-0.05, 0) is 82.8 Å². The van der Waals surface area contributed by atoms with Gasteiger partial charge in [-0.1, -0.05) is 126 Å². The van der Waals surface area contributed by atoms with Crippen molar-refractivity contribution in [1.29, 1.82) is 0 Å². The lowest BCUT2D eigenvalue weighted by atomic mass is 10.0. The van der Waals surface area contributed by atoms with Crippen molar-refractivity contribution in [1.82, 2.24) is 21.5 Å². The van der Waals surface area contributed by atoms with Crippen LogP contribution in [0.3, 0.4) is 0 Å². The van der Waals surface area contributed by atoms with E-state index in [-0.39, 0.29) is 36.1 Å². The molecule has 4 amide bonds. The van der Waals surface area contributed by atoms with Crippen molar-refractivity contribution in [2.75, 3.05) is 0 Å². The van der Waals surface area contributed by atoms with E-state index in [0.29, 0.717) is 11.5 Å². The Bertz CT molecular complexity index is 1870. The van der Waals surface area contributed by atoms with Gasteiger partial charge in [0.15, 0.2) is 0 Å². The topological polar surface area (TPSA) is 153 Å². The van der Waals surface area contributed by atoms with E-state index in [4.69, 9.17) is 18.3 Å². The van der Waals surface area contributed by atoms with Crippen molar-refractivity contribution < 1.29 is 37.5 Å². The van der Waals surface area contributed by atoms with Gasteiger partial charge in [-0.25, -0.2) is 9.59 Å². The summed E-state index contributed by atoms with van der Waals surface area (Å²) in [4.78, 5) is 53.6. The fourth-order valence-corrected chi connectivity index (χ4v) is 7.35. The van der Waals surface area contributed by atoms with Gasteiger partial charge < -0.3 is 29.0 Å². The van der Waals surface area contributed by atoms with Crippen molar-refractivity contribution in [2.45, 2.75) is 116 Å². The summed E-state index contributed by atoms with van der Waals surface area (Å²) in [6.07, 6.45) is -1.49. The highest BCUT2D eigenvalue weighted by Crippen LogP contribution is 2.38. The lowest BCUT2D eigenvalue weighted by molar-refractivity contribution is -0.130. The van der Waals surface area contributed by atoms with E-state index in [9.17, 15) is 19.2 Å². The average Bonchev–Trinajstić information content (AvgIpc) is 3.19. The molecule has 0 fully saturated rings. The third-order valence-electron chi connectivity index (χ3n) is 11.0. The zero-order valence-corrected chi connectivity index (χ0v) is 38.6. The maximum absolute atomic E-state index is 13.8. The molecule has 0 spiro atoms. The number of benzene rings is 4. The van der Waals surface area contributed by atoms with E-state index >= 15 is 0 Å². The van der Waals surface area contributed by atoms with Crippen LogP contribution in [-0.4, -0.2) is 52.7 Å². The van der Waals surface area contributed by atoms with Crippen molar-refractivity contribution >= 4 is 40.6 Å². The van der Waals surface area contributed by atoms with Gasteiger partial charge in [0.05, 0.1) is 0 Å². The second-order valence-electron chi connectivity index (χ2n) is 17.9. The molecule has 0 aliphatic carbocycles. The molecule has 0 unspecified atom stereocenters. The Hall–Kier alpha value is -5.61. The van der Waals surface area contributed by atoms with Crippen LogP contribution in [0.1, 0.15) is 63.8 Å². The number of amides is 4. The molecule has 322 valence electrons. The fourth-order valence-electron chi connectivity index (χ4n) is 5.28. The molecule has 0 saturated carbocycles. The first-order chi connectivity index (χ1) is 28.1. The molecule has 14 heteroatoms. The summed E-state index contributed by atoms with van der Waals surface area (Å²) in [6, 6.07) is 30.7. The molecular weight excluding hydrogens is 793 g/mol. The number of carbonyl (C=O) groups excluding carboxylic acids is 4. The minimum atomic E-state index is -2.09. The summed E-state index contributed by atoms with van der Waals surface area (Å²) in [7, 11) is -4.19. The first kappa shape index (κ1) is 47.1. The molecule has 0 heterocycles. The second kappa shape index (κ2) is 20.6. The molecule has 2 atom stereocenters. The van der Waals surface area contributed by atoms with E-state index in [1.807, 2.05) is 109 Å². The van der Waals surface area contributed by atoms with Gasteiger partial charge in [-0.3, -0.25) is 20.4 Å². The number of hydrogen-bond donors (Lipinski definition) is 4. The van der Waals surface area contributed by atoms with Gasteiger partial charge in [0.25, 0.3) is 11.8 Å². The molecule has 4 aromatic rings. The molecule has 4 N–H and O–H groups in total. The molecule has 12 nitrogen and oxygen atoms in total. The number of rotatable bonds is 16. The highest BCUT2D eigenvalue weighted by Gasteiger charge is 2.40. The standard InChI is InChI=1S/C46H62N4O8Si2/c1-45(2,3)59(7,8)57-37-25-21-33(22-26-37)29-39(47-43(53)55-31-35-17-13-11-14-18-35)41(51)49-50-42(52)40(48-44(54)56-32-36-19-15-12-16-20-36)30-34-23-27-38(28-24-34)58-60(9,10)46(4,5)6/h11-28,39-40H,29-32H2,1-10H3,(H,47,53)(H,48,54)(H,49,51)(H,50,52)/t39-,40-/m0/s1. The zero-order chi connectivity index (χ0) is 44.1. The summed E-state index contributed by atoms with van der Waals surface area (Å²) in [5.74, 6) is 0.0122. The normalized spacial score (nSPS) is 12.9. The Morgan fingerprint density at radius 1 is 0.483 bits per heavy atom. The molecule has 0 radical (unpaired) electrons. The predicted octanol–water partition coefficient (Wildman–Crippen LogP) is 8.98. The first-order valence-electron chi connectivity index (χ1n) is 20.2. The van der Waals surface area contributed by atoms with Gasteiger partial charge in [0.2, 0.25) is 16.6 Å². The summed E-state index contributed by atoms with van der Waals surface area (Å²) in [6.45, 7) is 21.6. The van der Waals surface area contributed by atoms with Gasteiger partial charge in [0.1, 0.15) is 36.8 Å². The SMILES string of the molecule is CC(C)(C)[Si](C)(C)Oc1ccc(C[C@H](NC(=O)OCc2ccccc2)C(=O)NNC(=O)[C@H](Cc2ccc(O[Si](C)(C)C(C)(C)C)cc2)NC(=O)OCc2ccccc2)cc1. The Kier molecular flexibility index (Phi) is 16.1. The Morgan fingerprint density at radius 3 is 1.10 bits per heavy atom. The molecule has 60 heavy (non-hydrogen) atoms. The van der Waals surface area contributed by atoms with E-state index < -0.39 is 52.7 Å². The Morgan fingerprint density at radius 2 is 0.800 bits per heavy atom. The van der Waals surface area contributed by atoms with Crippen LogP contribution in [0.5, 0.6) is 11.5 Å². The van der Waals surface area contributed by atoms with E-state index in [2.05, 4.69) is 89.2 Å². The molecule has 0 bridgehead atoms. The average molecular weight is 855 g/mol. The number of ether oxygens (including phenoxy) is 2. The molecule has 4 aromatic carbocycles. The van der Waals surface area contributed by atoms with Crippen LogP contribution in [0.2, 0.25) is 36.3 Å². The Labute approximate surface area is 357 Å². The number of hydrazine groups is 1. The van der Waals surface area contributed by atoms with E-state index in [1.54, 1.807) is 0 Å². The van der Waals surface area contributed by atoms with Crippen LogP contribution in [0.15, 0.2) is 109 Å². The van der Waals surface area contributed by atoms with E-state index in [0.717, 1.165) is 22.3 Å². The second-order valence-corrected chi connectivity index (χ2v) is 27.4. The van der Waals surface area contributed by atoms with Crippen LogP contribution in [0, 0.1) is 0 Å². The molecule has 0 aliphatic heterocycles. The quantitative estimate of drug-likeness (QED) is 0.0644. The van der Waals surface area contributed by atoms with Crippen molar-refractivity contribution in [3.63, 3.8) is 0 Å². The van der Waals surface area contributed by atoms with Crippen LogP contribution in [-0.2, 0) is 45.1 Å². The third kappa shape index (κ3) is 14.6. The highest BCUT2D eigenvalue weighted by atomic mass is 28.4. The maximum atomic E-state index is 13.8. The van der Waals surface area contributed by atoms with Crippen LogP contribution in [0.25, 0.3) is 0 Å². The Balaban J connectivity index is 1.49. The smallest absolute Gasteiger partial charge is 0.408 e. The summed E-state index contributed by atoms with van der Waals surface area (Å²) < 4.78 is 23.7. The monoisotopic (exact) mass is 854 g/mol. The summed E-state index contributed by atoms with van der Waals surface area (Å²) in [5.41, 5.74) is 7.91. The minimum Gasteiger partial charge on any atom is -0.544 e. The van der Waals surface area contributed by atoms with Crippen LogP contribution in [0.4, 0.5) is 9.59 Å². The van der Waals surface area contributed by atoms with Gasteiger partial charge in [0, 0.05) is 12.8 Å². The lowest BCUT2D eigenvalue weighted by Gasteiger charge is -2.36. The highest BCUT2D eigenvalue weighted by molar-refractivity contribution is 6.75. The third-order valence-corrected chi connectivity index (χ3v) is 19.8. The van der Waals surface area contributed by atoms with Gasteiger partial charge >= 0.3 is 12.2 Å². The number of alkyl carbamates (subject to hydrolysis) is 2. The van der Waals surface area contributed by atoms with Gasteiger partial charge in [-0.15, -0.1) is 0 Å². The maximum Gasteiger partial charge on any atom is 0.408 e. The first-order valence-corrected chi connectivity index (χ1v) is 26.0. The number of carbonyl (C=O) groups is 4. The van der Waals surface area contributed by atoms with Crippen molar-refractivity contribution in [2.24, 2.45) is 0 Å². The van der Waals surface area contributed by atoms with Crippen molar-refractivity contribution in [3.05, 3.63) is 131 Å². The summed E-state index contributed by atoms with van der Waals surface area (Å²) in [5, 5.41) is 5.31. The lowest BCUT2D eigenvalue weighted by Crippen LogP contribution is -2.57. The summed E-state index contributed by atoms with van der Waals surface area (Å²) >= 11 is 0. The number of hydrogen-bond acceptors (Lipinski definition) is 8. The fraction of sp³-hybridized carbons (Fsp3) is 0.391. The van der Waals surface area contributed by atoms with E-state index in [1.165, 1.54) is 0 Å². The molecule has 0 aromatic heterocycles. The molecule has 0 saturated heterocycles. The van der Waals surface area contributed by atoms with Crippen molar-refractivity contribution in [3.8, 4) is 11.5 Å². The molecule has 0 aliphatic rings. The minimum absolute atomic E-state index is 0.00450. The van der Waals surface area contributed by atoms with Crippen LogP contribution < -0.4 is 30.3 Å². The molecule has 4 rings (SSSR count). The van der Waals surface area contributed by atoms with Gasteiger partial charge in [-0.2, -0.15) is 0 Å².